The Morgan fingerprint density at radius 3 is 2.16 bits per heavy atom. The number of nitrogens with zero attached hydrogens (tertiary/aromatic N) is 3. The zero-order valence-corrected chi connectivity index (χ0v) is 13.2. The van der Waals surface area contributed by atoms with E-state index in [1.807, 2.05) is 4.90 Å². The fourth-order valence-corrected chi connectivity index (χ4v) is 2.78. The molecule has 1 aliphatic rings. The summed E-state index contributed by atoms with van der Waals surface area (Å²) in [6, 6.07) is 8.58. The molecule has 132 valence electrons. The minimum absolute atomic E-state index is 0.218. The molecule has 0 spiro atoms. The molecular formula is C17H16F3N3O2. The van der Waals surface area contributed by atoms with Gasteiger partial charge in [0.15, 0.2) is 0 Å². The lowest BCUT2D eigenvalue weighted by molar-refractivity contribution is -0.137. The summed E-state index contributed by atoms with van der Waals surface area (Å²) in [5.74, 6) is -0.664. The number of hydrogen-bond donors (Lipinski definition) is 1. The number of piperazine rings is 1. The van der Waals surface area contributed by atoms with Crippen LogP contribution in [0.3, 0.4) is 0 Å². The summed E-state index contributed by atoms with van der Waals surface area (Å²) in [6.45, 7) is 2.30. The van der Waals surface area contributed by atoms with Crippen molar-refractivity contribution in [3.63, 3.8) is 0 Å². The van der Waals surface area contributed by atoms with Crippen LogP contribution in [-0.4, -0.2) is 42.2 Å². The molecule has 0 radical (unpaired) electrons. The van der Waals surface area contributed by atoms with Gasteiger partial charge in [-0.2, -0.15) is 13.2 Å². The van der Waals surface area contributed by atoms with E-state index in [-0.39, 0.29) is 5.56 Å². The van der Waals surface area contributed by atoms with Crippen LogP contribution in [0.25, 0.3) is 0 Å². The number of halogens is 3. The van der Waals surface area contributed by atoms with Gasteiger partial charge in [0, 0.05) is 38.1 Å². The zero-order valence-electron chi connectivity index (χ0n) is 13.2. The molecule has 0 bridgehead atoms. The van der Waals surface area contributed by atoms with E-state index in [4.69, 9.17) is 5.11 Å². The van der Waals surface area contributed by atoms with E-state index in [0.717, 1.165) is 17.8 Å². The van der Waals surface area contributed by atoms with Crippen molar-refractivity contribution in [2.24, 2.45) is 0 Å². The Bertz CT molecular complexity index is 754. The number of carboxylic acids is 1. The Morgan fingerprint density at radius 2 is 1.60 bits per heavy atom. The van der Waals surface area contributed by atoms with Crippen molar-refractivity contribution >= 4 is 17.5 Å². The number of aromatic nitrogens is 1. The average molecular weight is 351 g/mol. The lowest BCUT2D eigenvalue weighted by Gasteiger charge is -2.36. The molecule has 1 N–H and O–H groups in total. The first-order valence-electron chi connectivity index (χ1n) is 7.71. The molecule has 25 heavy (non-hydrogen) atoms. The smallest absolute Gasteiger partial charge is 0.416 e. The van der Waals surface area contributed by atoms with Crippen LogP contribution in [0.4, 0.5) is 24.7 Å². The van der Waals surface area contributed by atoms with Crippen molar-refractivity contribution in [1.29, 1.82) is 0 Å². The highest BCUT2D eigenvalue weighted by Gasteiger charge is 2.31. The summed E-state index contributed by atoms with van der Waals surface area (Å²) in [5, 5.41) is 8.92. The van der Waals surface area contributed by atoms with Crippen LogP contribution in [0.1, 0.15) is 15.9 Å². The second-order valence-corrected chi connectivity index (χ2v) is 5.73. The van der Waals surface area contributed by atoms with Gasteiger partial charge in [0.1, 0.15) is 5.82 Å². The third kappa shape index (κ3) is 3.84. The van der Waals surface area contributed by atoms with Crippen LogP contribution in [0, 0.1) is 0 Å². The SMILES string of the molecule is O=C(O)c1ccc(N2CCN(c3cc(C(F)(F)F)ccn3)CC2)cc1. The first-order chi connectivity index (χ1) is 11.8. The van der Waals surface area contributed by atoms with E-state index < -0.39 is 17.7 Å². The van der Waals surface area contributed by atoms with E-state index >= 15 is 0 Å². The van der Waals surface area contributed by atoms with Crippen molar-refractivity contribution < 1.29 is 23.1 Å². The molecule has 1 fully saturated rings. The number of pyridine rings is 1. The highest BCUT2D eigenvalue weighted by molar-refractivity contribution is 5.88. The topological polar surface area (TPSA) is 56.7 Å². The maximum absolute atomic E-state index is 12.8. The summed E-state index contributed by atoms with van der Waals surface area (Å²) in [4.78, 5) is 18.8. The Balaban J connectivity index is 1.67. The van der Waals surface area contributed by atoms with Crippen LogP contribution < -0.4 is 9.80 Å². The predicted molar refractivity (Wildman–Crippen MR) is 87.1 cm³/mol. The zero-order chi connectivity index (χ0) is 18.0. The predicted octanol–water partition coefficient (Wildman–Crippen LogP) is 3.13. The quantitative estimate of drug-likeness (QED) is 0.921. The van der Waals surface area contributed by atoms with Crippen LogP contribution in [0.15, 0.2) is 42.6 Å². The van der Waals surface area contributed by atoms with Gasteiger partial charge in [-0.15, -0.1) is 0 Å². The Labute approximate surface area is 142 Å². The molecule has 0 saturated carbocycles. The molecule has 1 aromatic carbocycles. The number of benzene rings is 1. The maximum atomic E-state index is 12.8. The van der Waals surface area contributed by atoms with Gasteiger partial charge in [-0.3, -0.25) is 0 Å². The van der Waals surface area contributed by atoms with Gasteiger partial charge >= 0.3 is 12.1 Å². The standard InChI is InChI=1S/C17H16F3N3O2/c18-17(19,20)13-5-6-21-15(11-13)23-9-7-22(8-10-23)14-3-1-12(2-4-14)16(24)25/h1-6,11H,7-10H2,(H,24,25). The lowest BCUT2D eigenvalue weighted by atomic mass is 10.1. The molecule has 2 aromatic rings. The summed E-state index contributed by atoms with van der Waals surface area (Å²) < 4.78 is 38.4. The van der Waals surface area contributed by atoms with E-state index in [1.54, 1.807) is 24.3 Å². The number of hydrogen-bond acceptors (Lipinski definition) is 4. The molecule has 3 rings (SSSR count). The Morgan fingerprint density at radius 1 is 1.00 bits per heavy atom. The van der Waals surface area contributed by atoms with Crippen molar-refractivity contribution in [2.45, 2.75) is 6.18 Å². The van der Waals surface area contributed by atoms with E-state index in [2.05, 4.69) is 9.88 Å². The summed E-state index contributed by atoms with van der Waals surface area (Å²) in [5.41, 5.74) is 0.404. The minimum Gasteiger partial charge on any atom is -0.478 e. The number of alkyl halides is 3. The fraction of sp³-hybridized carbons (Fsp3) is 0.294. The highest BCUT2D eigenvalue weighted by atomic mass is 19.4. The summed E-state index contributed by atoms with van der Waals surface area (Å²) in [6.07, 6.45) is -3.21. The van der Waals surface area contributed by atoms with Crippen molar-refractivity contribution in [3.05, 3.63) is 53.7 Å². The third-order valence-electron chi connectivity index (χ3n) is 4.16. The molecule has 0 amide bonds. The largest absolute Gasteiger partial charge is 0.478 e. The van der Waals surface area contributed by atoms with Gasteiger partial charge in [0.25, 0.3) is 0 Å². The monoisotopic (exact) mass is 351 g/mol. The molecule has 0 aliphatic carbocycles. The number of carbonyl (C=O) groups is 1. The number of anilines is 2. The number of aromatic carboxylic acids is 1. The molecule has 8 heteroatoms. The lowest BCUT2D eigenvalue weighted by Crippen LogP contribution is -2.46. The molecular weight excluding hydrogens is 335 g/mol. The summed E-state index contributed by atoms with van der Waals surface area (Å²) >= 11 is 0. The first kappa shape index (κ1) is 17.1. The van der Waals surface area contributed by atoms with Crippen LogP contribution in [-0.2, 0) is 6.18 Å². The highest BCUT2D eigenvalue weighted by Crippen LogP contribution is 2.31. The normalized spacial score (nSPS) is 15.3. The maximum Gasteiger partial charge on any atom is 0.416 e. The molecule has 1 aliphatic heterocycles. The third-order valence-corrected chi connectivity index (χ3v) is 4.16. The molecule has 1 aromatic heterocycles. The van der Waals surface area contributed by atoms with Gasteiger partial charge in [-0.25, -0.2) is 9.78 Å². The van der Waals surface area contributed by atoms with Crippen molar-refractivity contribution in [2.75, 3.05) is 36.0 Å². The van der Waals surface area contributed by atoms with Gasteiger partial charge in [-0.05, 0) is 36.4 Å². The number of rotatable bonds is 3. The van der Waals surface area contributed by atoms with Crippen LogP contribution in [0.5, 0.6) is 0 Å². The van der Waals surface area contributed by atoms with Crippen molar-refractivity contribution in [3.8, 4) is 0 Å². The first-order valence-corrected chi connectivity index (χ1v) is 7.71. The van der Waals surface area contributed by atoms with Gasteiger partial charge in [0.2, 0.25) is 0 Å². The van der Waals surface area contributed by atoms with Crippen LogP contribution in [0.2, 0.25) is 0 Å². The Hall–Kier alpha value is -2.77. The molecule has 1 saturated heterocycles. The Kier molecular flexibility index (Phi) is 4.52. The van der Waals surface area contributed by atoms with E-state index in [9.17, 15) is 18.0 Å². The molecule has 0 atom stereocenters. The molecule has 2 heterocycles. The second-order valence-electron chi connectivity index (χ2n) is 5.73. The van der Waals surface area contributed by atoms with Gasteiger partial charge in [-0.1, -0.05) is 0 Å². The second kappa shape index (κ2) is 6.62. The van der Waals surface area contributed by atoms with Gasteiger partial charge < -0.3 is 14.9 Å². The van der Waals surface area contributed by atoms with E-state index in [0.29, 0.717) is 32.0 Å². The molecule has 0 unspecified atom stereocenters. The van der Waals surface area contributed by atoms with E-state index in [1.165, 1.54) is 6.20 Å². The van der Waals surface area contributed by atoms with Crippen molar-refractivity contribution in [1.82, 2.24) is 4.98 Å². The minimum atomic E-state index is -4.38. The average Bonchev–Trinajstić information content (AvgIpc) is 2.61. The fourth-order valence-electron chi connectivity index (χ4n) is 2.78. The number of carboxylic acid groups (broad SMARTS) is 1. The van der Waals surface area contributed by atoms with Crippen LogP contribution >= 0.6 is 0 Å². The van der Waals surface area contributed by atoms with Gasteiger partial charge in [0.05, 0.1) is 11.1 Å². The summed E-state index contributed by atoms with van der Waals surface area (Å²) in [7, 11) is 0. The molecule has 5 nitrogen and oxygen atoms in total.